The van der Waals surface area contributed by atoms with E-state index in [0.29, 0.717) is 5.69 Å². The molecule has 252 valence electrons. The third kappa shape index (κ3) is 7.17. The van der Waals surface area contributed by atoms with Crippen molar-refractivity contribution in [2.24, 2.45) is 0 Å². The van der Waals surface area contributed by atoms with Crippen molar-refractivity contribution in [3.8, 4) is 34.4 Å². The van der Waals surface area contributed by atoms with Crippen molar-refractivity contribution in [2.75, 3.05) is 12.4 Å². The highest BCUT2D eigenvalue weighted by atomic mass is 16.6. The summed E-state index contributed by atoms with van der Waals surface area (Å²) in [7, 11) is 1.53. The maximum atomic E-state index is 13.4. The van der Waals surface area contributed by atoms with Crippen LogP contribution in [-0.2, 0) is 9.53 Å². The quantitative estimate of drug-likeness (QED) is 0.189. The van der Waals surface area contributed by atoms with Gasteiger partial charge in [-0.05, 0) is 120 Å². The van der Waals surface area contributed by atoms with Crippen LogP contribution in [0.5, 0.6) is 0 Å². The molecule has 6 aromatic rings. The van der Waals surface area contributed by atoms with Gasteiger partial charge in [-0.2, -0.15) is 0 Å². The zero-order valence-corrected chi connectivity index (χ0v) is 29.5. The van der Waals surface area contributed by atoms with Gasteiger partial charge < -0.3 is 10.1 Å². The second-order valence-corrected chi connectivity index (χ2v) is 13.4. The summed E-state index contributed by atoms with van der Waals surface area (Å²) in [5.74, 6) is 6.47. The molecule has 0 aliphatic carbocycles. The number of aromatic nitrogens is 5. The molecular formula is C40H39N7O3. The standard InChI is InChI=1S/C40H39N7O3/c1-24-18-20-47-35(21-24)45-36(30-12-9-25(2)42-23-30)37(47)32-14-16-34(44-38(48)27(4)46(8)39(49)50-40(5,6)7)43-33(32)15-11-28-10-13-31-26(3)41-19-17-29(31)22-28/h9-10,12-14,16-23,27H,1-8H3,(H,43,44,48). The van der Waals surface area contributed by atoms with Crippen LogP contribution in [0.4, 0.5) is 10.6 Å². The Morgan fingerprint density at radius 3 is 2.48 bits per heavy atom. The van der Waals surface area contributed by atoms with Crippen molar-refractivity contribution in [3.63, 3.8) is 0 Å². The topological polar surface area (TPSA) is 115 Å². The van der Waals surface area contributed by atoms with Crippen molar-refractivity contribution < 1.29 is 14.3 Å². The van der Waals surface area contributed by atoms with Gasteiger partial charge in [0.25, 0.3) is 0 Å². The molecule has 1 aromatic carbocycles. The van der Waals surface area contributed by atoms with Crippen molar-refractivity contribution in [1.29, 1.82) is 0 Å². The van der Waals surface area contributed by atoms with Crippen molar-refractivity contribution in [3.05, 3.63) is 107 Å². The van der Waals surface area contributed by atoms with Crippen LogP contribution in [0.25, 0.3) is 38.9 Å². The molecule has 1 N–H and O–H groups in total. The van der Waals surface area contributed by atoms with Crippen LogP contribution >= 0.6 is 0 Å². The molecule has 0 aliphatic rings. The molecule has 6 rings (SSSR count). The zero-order chi connectivity index (χ0) is 35.7. The molecule has 2 amide bonds. The lowest BCUT2D eigenvalue weighted by atomic mass is 10.0. The van der Waals surface area contributed by atoms with Crippen LogP contribution < -0.4 is 5.32 Å². The monoisotopic (exact) mass is 665 g/mol. The van der Waals surface area contributed by atoms with Crippen LogP contribution in [0, 0.1) is 32.6 Å². The fourth-order valence-corrected chi connectivity index (χ4v) is 5.46. The minimum Gasteiger partial charge on any atom is -0.444 e. The lowest BCUT2D eigenvalue weighted by Crippen LogP contribution is -2.45. The first kappa shape index (κ1) is 33.8. The normalized spacial score (nSPS) is 11.9. The number of likely N-dealkylation sites (N-methyl/N-ethyl adjacent to an activating group) is 1. The second kappa shape index (κ2) is 13.4. The Kier molecular flexibility index (Phi) is 9.09. The summed E-state index contributed by atoms with van der Waals surface area (Å²) < 4.78 is 7.48. The predicted octanol–water partition coefficient (Wildman–Crippen LogP) is 7.53. The van der Waals surface area contributed by atoms with E-state index in [1.807, 2.05) is 92.2 Å². The first-order valence-electron chi connectivity index (χ1n) is 16.3. The number of benzene rings is 1. The lowest BCUT2D eigenvalue weighted by Gasteiger charge is -2.28. The number of nitrogens with one attached hydrogen (secondary N) is 1. The summed E-state index contributed by atoms with van der Waals surface area (Å²) >= 11 is 0. The van der Waals surface area contributed by atoms with Crippen LogP contribution in [0.1, 0.15) is 55.9 Å². The van der Waals surface area contributed by atoms with Gasteiger partial charge in [-0.3, -0.25) is 24.1 Å². The Morgan fingerprint density at radius 1 is 0.940 bits per heavy atom. The Bertz CT molecular complexity index is 2330. The highest BCUT2D eigenvalue weighted by Gasteiger charge is 2.28. The van der Waals surface area contributed by atoms with E-state index in [1.54, 1.807) is 40.0 Å². The van der Waals surface area contributed by atoms with E-state index in [2.05, 4.69) is 27.1 Å². The number of nitrogens with zero attached hydrogens (tertiary/aromatic N) is 6. The summed E-state index contributed by atoms with van der Waals surface area (Å²) in [6.07, 6.45) is 4.99. The first-order valence-corrected chi connectivity index (χ1v) is 16.3. The van der Waals surface area contributed by atoms with Gasteiger partial charge >= 0.3 is 6.09 Å². The summed E-state index contributed by atoms with van der Waals surface area (Å²) in [5.41, 5.74) is 7.32. The number of ether oxygens (including phenoxy) is 1. The van der Waals surface area contributed by atoms with Gasteiger partial charge in [0.05, 0.1) is 11.4 Å². The first-order chi connectivity index (χ1) is 23.8. The number of aryl methyl sites for hydroxylation is 3. The summed E-state index contributed by atoms with van der Waals surface area (Å²) in [6.45, 7) is 12.9. The molecule has 5 heterocycles. The summed E-state index contributed by atoms with van der Waals surface area (Å²) in [6, 6.07) is 18.8. The molecule has 1 atom stereocenters. The van der Waals surface area contributed by atoms with E-state index < -0.39 is 23.6 Å². The highest BCUT2D eigenvalue weighted by Crippen LogP contribution is 2.35. The number of anilines is 1. The van der Waals surface area contributed by atoms with Crippen LogP contribution in [0.2, 0.25) is 0 Å². The molecule has 0 bridgehead atoms. The van der Waals surface area contributed by atoms with E-state index in [0.717, 1.165) is 61.4 Å². The molecule has 0 aliphatic heterocycles. The fourth-order valence-electron chi connectivity index (χ4n) is 5.46. The zero-order valence-electron chi connectivity index (χ0n) is 29.5. The van der Waals surface area contributed by atoms with Gasteiger partial charge in [-0.1, -0.05) is 12.0 Å². The van der Waals surface area contributed by atoms with Gasteiger partial charge in [0.1, 0.15) is 28.8 Å². The van der Waals surface area contributed by atoms with Gasteiger partial charge in [0.2, 0.25) is 5.91 Å². The van der Waals surface area contributed by atoms with Crippen LogP contribution in [-0.4, -0.2) is 59.9 Å². The van der Waals surface area contributed by atoms with E-state index >= 15 is 0 Å². The SMILES string of the molecule is Cc1ccn2c(-c3ccc(NC(=O)C(C)N(C)C(=O)OC(C)(C)C)nc3C#Cc3ccc4c(C)nccc4c3)c(-c3ccc(C)nc3)nc2c1. The third-order valence-electron chi connectivity index (χ3n) is 8.30. The minimum absolute atomic E-state index is 0.288. The molecule has 50 heavy (non-hydrogen) atoms. The number of imidazole rings is 1. The largest absolute Gasteiger partial charge is 0.444 e. The number of hydrogen-bond acceptors (Lipinski definition) is 7. The molecule has 1 unspecified atom stereocenters. The maximum Gasteiger partial charge on any atom is 0.410 e. The molecule has 0 spiro atoms. The third-order valence-corrected chi connectivity index (χ3v) is 8.30. The molecule has 0 saturated heterocycles. The summed E-state index contributed by atoms with van der Waals surface area (Å²) in [4.78, 5) is 46.2. The van der Waals surface area contributed by atoms with Gasteiger partial charge in [-0.15, -0.1) is 0 Å². The number of pyridine rings is 4. The number of fused-ring (bicyclic) bond motifs is 2. The highest BCUT2D eigenvalue weighted by molar-refractivity contribution is 5.96. The predicted molar refractivity (Wildman–Crippen MR) is 196 cm³/mol. The Morgan fingerprint density at radius 2 is 1.74 bits per heavy atom. The molecule has 0 radical (unpaired) electrons. The number of rotatable bonds is 5. The summed E-state index contributed by atoms with van der Waals surface area (Å²) in [5, 5.41) is 4.97. The molecule has 10 heteroatoms. The van der Waals surface area contributed by atoms with Gasteiger partial charge in [0, 0.05) is 59.1 Å². The average Bonchev–Trinajstić information content (AvgIpc) is 3.44. The van der Waals surface area contributed by atoms with Crippen molar-refractivity contribution >= 4 is 34.2 Å². The minimum atomic E-state index is -0.834. The van der Waals surface area contributed by atoms with E-state index in [-0.39, 0.29) is 5.82 Å². The van der Waals surface area contributed by atoms with Gasteiger partial charge in [-0.25, -0.2) is 14.8 Å². The molecule has 5 aromatic heterocycles. The molecular weight excluding hydrogens is 626 g/mol. The van der Waals surface area contributed by atoms with Crippen molar-refractivity contribution in [2.45, 2.75) is 60.1 Å². The fraction of sp³-hybridized carbons (Fsp3) is 0.250. The molecule has 10 nitrogen and oxygen atoms in total. The van der Waals surface area contributed by atoms with Gasteiger partial charge in [0.15, 0.2) is 0 Å². The number of amides is 2. The van der Waals surface area contributed by atoms with Crippen LogP contribution in [0.3, 0.4) is 0 Å². The lowest BCUT2D eigenvalue weighted by molar-refractivity contribution is -0.120. The van der Waals surface area contributed by atoms with Crippen LogP contribution in [0.15, 0.2) is 79.3 Å². The number of carbonyl (C=O) groups excluding carboxylic acids is 2. The van der Waals surface area contributed by atoms with E-state index in [9.17, 15) is 9.59 Å². The average molecular weight is 666 g/mol. The maximum absolute atomic E-state index is 13.4. The number of carbonyl (C=O) groups is 2. The number of hydrogen-bond donors (Lipinski definition) is 1. The molecule has 0 saturated carbocycles. The Hall–Kier alpha value is -6.08. The Labute approximate surface area is 291 Å². The Balaban J connectivity index is 1.46. The van der Waals surface area contributed by atoms with E-state index in [1.165, 1.54) is 11.9 Å². The van der Waals surface area contributed by atoms with Crippen molar-refractivity contribution in [1.82, 2.24) is 29.2 Å². The second-order valence-electron chi connectivity index (χ2n) is 13.4. The smallest absolute Gasteiger partial charge is 0.410 e. The van der Waals surface area contributed by atoms with E-state index in [4.69, 9.17) is 14.7 Å². The molecule has 0 fully saturated rings.